The summed E-state index contributed by atoms with van der Waals surface area (Å²) in [4.78, 5) is 41.6. The van der Waals surface area contributed by atoms with Crippen molar-refractivity contribution in [3.63, 3.8) is 0 Å². The van der Waals surface area contributed by atoms with Crippen LogP contribution < -0.4 is 21.7 Å². The molecule has 32 heavy (non-hydrogen) atoms. The fraction of sp³-hybridized carbons (Fsp3) is 0.304. The van der Waals surface area contributed by atoms with E-state index in [1.54, 1.807) is 24.3 Å². The highest BCUT2D eigenvalue weighted by atomic mass is 19.1. The molecular weight excluding hydrogens is 413 g/mol. The molecule has 0 aliphatic carbocycles. The second-order valence-corrected chi connectivity index (χ2v) is 8.84. The van der Waals surface area contributed by atoms with Gasteiger partial charge in [-0.1, -0.05) is 20.8 Å². The molecular formula is C23H26FN5O3. The number of hydrogen-bond acceptors (Lipinski definition) is 5. The van der Waals surface area contributed by atoms with E-state index in [1.807, 2.05) is 20.8 Å². The number of nitrogens with one attached hydrogen (secondary N) is 3. The molecule has 168 valence electrons. The average molecular weight is 439 g/mol. The quantitative estimate of drug-likeness (QED) is 0.552. The normalized spacial score (nSPS) is 18.1. The van der Waals surface area contributed by atoms with Gasteiger partial charge in [0.15, 0.2) is 0 Å². The first-order chi connectivity index (χ1) is 15.0. The zero-order valence-corrected chi connectivity index (χ0v) is 18.2. The van der Waals surface area contributed by atoms with Gasteiger partial charge in [0.1, 0.15) is 17.1 Å². The fourth-order valence-corrected chi connectivity index (χ4v) is 3.60. The number of carbonyl (C=O) groups is 3. The average Bonchev–Trinajstić information content (AvgIpc) is 3.13. The van der Waals surface area contributed by atoms with Crippen LogP contribution in [0.1, 0.15) is 37.6 Å². The topological polar surface area (TPSA) is 126 Å². The van der Waals surface area contributed by atoms with Gasteiger partial charge >= 0.3 is 0 Å². The largest absolute Gasteiger partial charge is 0.368 e. The fourth-order valence-electron chi connectivity index (χ4n) is 3.60. The summed E-state index contributed by atoms with van der Waals surface area (Å²) in [6, 6.07) is 11.6. The van der Waals surface area contributed by atoms with E-state index >= 15 is 0 Å². The number of primary amides is 1. The number of anilines is 2. The maximum Gasteiger partial charge on any atom is 0.272 e. The van der Waals surface area contributed by atoms with E-state index in [0.717, 1.165) is 0 Å². The summed E-state index contributed by atoms with van der Waals surface area (Å²) in [5, 5.41) is 8.41. The van der Waals surface area contributed by atoms with E-state index in [2.05, 4.69) is 20.9 Å². The van der Waals surface area contributed by atoms with Crippen LogP contribution >= 0.6 is 0 Å². The maximum atomic E-state index is 13.0. The molecule has 9 heteroatoms. The van der Waals surface area contributed by atoms with Gasteiger partial charge in [0.25, 0.3) is 11.8 Å². The van der Waals surface area contributed by atoms with Crippen molar-refractivity contribution >= 4 is 34.8 Å². The number of benzene rings is 2. The molecule has 0 fully saturated rings. The van der Waals surface area contributed by atoms with Crippen LogP contribution in [0.2, 0.25) is 0 Å². The van der Waals surface area contributed by atoms with Gasteiger partial charge in [-0.2, -0.15) is 0 Å². The van der Waals surface area contributed by atoms with Gasteiger partial charge in [0.05, 0.1) is 6.67 Å². The summed E-state index contributed by atoms with van der Waals surface area (Å²) in [6.45, 7) is 5.97. The minimum Gasteiger partial charge on any atom is -0.368 e. The van der Waals surface area contributed by atoms with E-state index in [-0.39, 0.29) is 23.7 Å². The predicted octanol–water partition coefficient (Wildman–Crippen LogP) is 2.68. The van der Waals surface area contributed by atoms with Crippen LogP contribution in [0.15, 0.2) is 53.5 Å². The van der Waals surface area contributed by atoms with Gasteiger partial charge in [-0.05, 0) is 60.4 Å². The molecule has 1 atom stereocenters. The highest BCUT2D eigenvalue weighted by Crippen LogP contribution is 2.31. The first-order valence-corrected chi connectivity index (χ1v) is 10.1. The van der Waals surface area contributed by atoms with Crippen LogP contribution in [0.25, 0.3) is 0 Å². The molecule has 0 saturated heterocycles. The molecule has 1 aliphatic heterocycles. The van der Waals surface area contributed by atoms with Crippen molar-refractivity contribution in [3.8, 4) is 0 Å². The van der Waals surface area contributed by atoms with E-state index < -0.39 is 23.2 Å². The number of rotatable bonds is 6. The molecule has 0 bridgehead atoms. The summed E-state index contributed by atoms with van der Waals surface area (Å²) in [6.07, 6.45) is 0.315. The Kier molecular flexibility index (Phi) is 6.40. The molecule has 5 N–H and O–H groups in total. The van der Waals surface area contributed by atoms with Gasteiger partial charge in [-0.3, -0.25) is 24.7 Å². The monoisotopic (exact) mass is 439 g/mol. The Morgan fingerprint density at radius 3 is 2.03 bits per heavy atom. The molecule has 0 saturated carbocycles. The molecule has 1 aliphatic rings. The van der Waals surface area contributed by atoms with Crippen LogP contribution in [0.3, 0.4) is 0 Å². The predicted molar refractivity (Wildman–Crippen MR) is 121 cm³/mol. The first-order valence-electron chi connectivity index (χ1n) is 10.1. The maximum absolute atomic E-state index is 13.0. The Morgan fingerprint density at radius 2 is 1.53 bits per heavy atom. The van der Waals surface area contributed by atoms with Gasteiger partial charge < -0.3 is 16.4 Å². The third-order valence-electron chi connectivity index (χ3n) is 4.96. The van der Waals surface area contributed by atoms with Gasteiger partial charge in [0, 0.05) is 16.9 Å². The van der Waals surface area contributed by atoms with E-state index in [0.29, 0.717) is 23.4 Å². The minimum atomic E-state index is -1.34. The summed E-state index contributed by atoms with van der Waals surface area (Å²) in [5.74, 6) is -1.99. The number of nitrogens with two attached hydrogens (primary N) is 1. The zero-order valence-electron chi connectivity index (χ0n) is 18.2. The van der Waals surface area contributed by atoms with Crippen LogP contribution in [0, 0.1) is 11.2 Å². The number of hydrogen-bond donors (Lipinski definition) is 4. The van der Waals surface area contributed by atoms with Crippen molar-refractivity contribution in [2.45, 2.75) is 32.7 Å². The number of nitrogens with zero attached hydrogens (tertiary/aromatic N) is 1. The lowest BCUT2D eigenvalue weighted by molar-refractivity contribution is -0.123. The molecule has 1 heterocycles. The molecule has 0 spiro atoms. The Bertz CT molecular complexity index is 1060. The number of amides is 3. The third-order valence-corrected chi connectivity index (χ3v) is 4.96. The summed E-state index contributed by atoms with van der Waals surface area (Å²) in [7, 11) is 0. The van der Waals surface area contributed by atoms with E-state index in [9.17, 15) is 18.8 Å². The highest BCUT2D eigenvalue weighted by molar-refractivity contribution is 6.50. The Morgan fingerprint density at radius 1 is 1.00 bits per heavy atom. The second-order valence-electron chi connectivity index (χ2n) is 8.84. The van der Waals surface area contributed by atoms with E-state index in [4.69, 9.17) is 5.73 Å². The molecule has 3 amide bonds. The van der Waals surface area contributed by atoms with Crippen molar-refractivity contribution in [3.05, 3.63) is 59.9 Å². The summed E-state index contributed by atoms with van der Waals surface area (Å²) >= 11 is 0. The molecule has 2 aromatic carbocycles. The number of aliphatic imine (C=N–C) groups is 1. The van der Waals surface area contributed by atoms with Gasteiger partial charge in [-0.15, -0.1) is 0 Å². The van der Waals surface area contributed by atoms with E-state index in [1.165, 1.54) is 24.3 Å². The molecule has 3 rings (SSSR count). The van der Waals surface area contributed by atoms with Crippen molar-refractivity contribution in [1.29, 1.82) is 0 Å². The lowest BCUT2D eigenvalue weighted by atomic mass is 9.76. The molecule has 8 nitrogen and oxygen atoms in total. The molecule has 0 radical (unpaired) electrons. The standard InChI is InChI=1S/C23H26FN5O3/c1-22(2,3)12-23(21(25)32)18(26-13-27-23)20(31)29-17-10-8-16(9-11-17)28-19(30)14-4-6-15(24)7-5-14/h4-11,27H,12-13H2,1-3H3,(H2,25,32)(H,28,30)(H,29,31). The van der Waals surface area contributed by atoms with Crippen molar-refractivity contribution < 1.29 is 18.8 Å². The molecule has 0 aromatic heterocycles. The van der Waals surface area contributed by atoms with Crippen molar-refractivity contribution in [2.75, 3.05) is 17.3 Å². The molecule has 2 aromatic rings. The third kappa shape index (κ3) is 5.17. The summed E-state index contributed by atoms with van der Waals surface area (Å²) < 4.78 is 13.0. The number of carbonyl (C=O) groups excluding carboxylic acids is 3. The minimum absolute atomic E-state index is 0.0496. The van der Waals surface area contributed by atoms with Gasteiger partial charge in [0.2, 0.25) is 5.91 Å². The van der Waals surface area contributed by atoms with Gasteiger partial charge in [-0.25, -0.2) is 4.39 Å². The lowest BCUT2D eigenvalue weighted by Gasteiger charge is -2.33. The van der Waals surface area contributed by atoms with Crippen molar-refractivity contribution in [1.82, 2.24) is 5.32 Å². The van der Waals surface area contributed by atoms with Crippen molar-refractivity contribution in [2.24, 2.45) is 16.1 Å². The van der Waals surface area contributed by atoms with Crippen LogP contribution in [-0.2, 0) is 9.59 Å². The first kappa shape index (κ1) is 23.1. The smallest absolute Gasteiger partial charge is 0.272 e. The lowest BCUT2D eigenvalue weighted by Crippen LogP contribution is -2.61. The Labute approximate surface area is 185 Å². The SMILES string of the molecule is CC(C)(C)CC1(C(N)=O)NCN=C1C(=O)Nc1ccc(NC(=O)c2ccc(F)cc2)cc1. The van der Waals surface area contributed by atoms with Crippen LogP contribution in [0.4, 0.5) is 15.8 Å². The Hall–Kier alpha value is -3.59. The number of halogens is 1. The summed E-state index contributed by atoms with van der Waals surface area (Å²) in [5.41, 5.74) is 5.36. The zero-order chi connectivity index (χ0) is 23.5. The van der Waals surface area contributed by atoms with Crippen LogP contribution in [-0.4, -0.2) is 35.6 Å². The highest BCUT2D eigenvalue weighted by Gasteiger charge is 2.49. The van der Waals surface area contributed by atoms with Crippen LogP contribution in [0.5, 0.6) is 0 Å². The Balaban J connectivity index is 1.69. The second kappa shape index (κ2) is 8.88. The molecule has 1 unspecified atom stereocenters.